The highest BCUT2D eigenvalue weighted by Gasteiger charge is 2.40. The van der Waals surface area contributed by atoms with Crippen LogP contribution in [0.25, 0.3) is 0 Å². The SMILES string of the molecule is Cc1cccc(S(=O)(=O)NC(=O)C2(c3ccc(Cl)cc3)C=CC=N2)c1. The van der Waals surface area contributed by atoms with Crippen molar-refractivity contribution in [2.24, 2.45) is 4.99 Å². The van der Waals surface area contributed by atoms with E-state index in [1.807, 2.05) is 0 Å². The van der Waals surface area contributed by atoms with Crippen LogP contribution in [0.2, 0.25) is 5.02 Å². The van der Waals surface area contributed by atoms with Gasteiger partial charge in [-0.1, -0.05) is 35.9 Å². The second kappa shape index (κ2) is 6.46. The van der Waals surface area contributed by atoms with Gasteiger partial charge in [-0.15, -0.1) is 0 Å². The Morgan fingerprint density at radius 1 is 1.16 bits per heavy atom. The molecule has 7 heteroatoms. The molecule has 5 nitrogen and oxygen atoms in total. The maximum Gasteiger partial charge on any atom is 0.270 e. The first kappa shape index (κ1) is 17.4. The van der Waals surface area contributed by atoms with E-state index < -0.39 is 21.5 Å². The predicted molar refractivity (Wildman–Crippen MR) is 97.3 cm³/mol. The van der Waals surface area contributed by atoms with Gasteiger partial charge in [0.1, 0.15) is 0 Å². The summed E-state index contributed by atoms with van der Waals surface area (Å²) >= 11 is 5.89. The third-order valence-corrected chi connectivity index (χ3v) is 5.44. The van der Waals surface area contributed by atoms with Crippen molar-refractivity contribution in [3.05, 3.63) is 76.8 Å². The van der Waals surface area contributed by atoms with Gasteiger partial charge in [-0.3, -0.25) is 9.79 Å². The third kappa shape index (κ3) is 3.36. The summed E-state index contributed by atoms with van der Waals surface area (Å²) in [6.07, 6.45) is 4.62. The molecule has 2 aromatic rings. The number of sulfonamides is 1. The molecular formula is C18H15ClN2O3S. The van der Waals surface area contributed by atoms with Gasteiger partial charge >= 0.3 is 0 Å². The molecule has 0 saturated heterocycles. The lowest BCUT2D eigenvalue weighted by atomic mass is 9.90. The van der Waals surface area contributed by atoms with Crippen molar-refractivity contribution in [2.75, 3.05) is 0 Å². The molecule has 0 aliphatic carbocycles. The van der Waals surface area contributed by atoms with E-state index in [0.29, 0.717) is 10.6 Å². The molecule has 0 fully saturated rings. The van der Waals surface area contributed by atoms with Crippen molar-refractivity contribution in [3.8, 4) is 0 Å². The molecular weight excluding hydrogens is 360 g/mol. The van der Waals surface area contributed by atoms with Gasteiger partial charge in [0.2, 0.25) is 0 Å². The molecule has 1 heterocycles. The molecule has 128 valence electrons. The molecule has 0 bridgehead atoms. The van der Waals surface area contributed by atoms with E-state index in [-0.39, 0.29) is 4.90 Å². The Hall–Kier alpha value is -2.44. The molecule has 1 aliphatic rings. The van der Waals surface area contributed by atoms with Crippen molar-refractivity contribution in [1.82, 2.24) is 4.72 Å². The number of carbonyl (C=O) groups excluding carboxylic acids is 1. The number of allylic oxidation sites excluding steroid dienone is 1. The van der Waals surface area contributed by atoms with Crippen LogP contribution in [0.4, 0.5) is 0 Å². The van der Waals surface area contributed by atoms with E-state index in [1.54, 1.807) is 55.5 Å². The highest BCUT2D eigenvalue weighted by Crippen LogP contribution is 2.32. The van der Waals surface area contributed by atoms with Crippen molar-refractivity contribution < 1.29 is 13.2 Å². The Bertz CT molecular complexity index is 968. The maximum atomic E-state index is 12.8. The molecule has 1 amide bonds. The van der Waals surface area contributed by atoms with E-state index in [1.165, 1.54) is 18.3 Å². The number of carbonyl (C=O) groups is 1. The zero-order valence-corrected chi connectivity index (χ0v) is 14.9. The van der Waals surface area contributed by atoms with Gasteiger partial charge in [0.25, 0.3) is 15.9 Å². The number of aryl methyl sites for hydroxylation is 1. The van der Waals surface area contributed by atoms with Crippen LogP contribution in [0.5, 0.6) is 0 Å². The van der Waals surface area contributed by atoms with Crippen molar-refractivity contribution in [2.45, 2.75) is 17.4 Å². The molecule has 1 N–H and O–H groups in total. The summed E-state index contributed by atoms with van der Waals surface area (Å²) in [4.78, 5) is 17.1. The molecule has 25 heavy (non-hydrogen) atoms. The minimum Gasteiger partial charge on any atom is -0.270 e. The summed E-state index contributed by atoms with van der Waals surface area (Å²) in [5.74, 6) is -0.749. The standard InChI is InChI=1S/C18H15ClN2O3S/c1-13-4-2-5-16(12-13)25(23,24)21-17(22)18(10-3-11-20-18)14-6-8-15(19)9-7-14/h2-12H,1H3,(H,21,22). The molecule has 1 atom stereocenters. The van der Waals surface area contributed by atoms with E-state index >= 15 is 0 Å². The predicted octanol–water partition coefficient (Wildman–Crippen LogP) is 2.99. The Labute approximate surface area is 151 Å². The van der Waals surface area contributed by atoms with E-state index in [0.717, 1.165) is 5.56 Å². The van der Waals surface area contributed by atoms with Crippen molar-refractivity contribution in [3.63, 3.8) is 0 Å². The first-order valence-corrected chi connectivity index (χ1v) is 9.33. The fourth-order valence-electron chi connectivity index (χ4n) is 2.57. The minimum atomic E-state index is -4.01. The molecule has 0 saturated carbocycles. The average Bonchev–Trinajstić information content (AvgIpc) is 3.06. The van der Waals surface area contributed by atoms with Crippen LogP contribution in [0.15, 0.2) is 70.6 Å². The second-order valence-corrected chi connectivity index (χ2v) is 7.78. The zero-order chi connectivity index (χ0) is 18.1. The Morgan fingerprint density at radius 3 is 2.48 bits per heavy atom. The smallest absolute Gasteiger partial charge is 0.270 e. The summed E-state index contributed by atoms with van der Waals surface area (Å²) in [6.45, 7) is 1.78. The number of amides is 1. The van der Waals surface area contributed by atoms with Crippen molar-refractivity contribution in [1.29, 1.82) is 0 Å². The number of nitrogens with one attached hydrogen (secondary N) is 1. The number of nitrogens with zero attached hydrogens (tertiary/aromatic N) is 1. The zero-order valence-electron chi connectivity index (χ0n) is 13.3. The van der Waals surface area contributed by atoms with Crippen LogP contribution in [-0.4, -0.2) is 20.5 Å². The highest BCUT2D eigenvalue weighted by atomic mass is 35.5. The summed E-state index contributed by atoms with van der Waals surface area (Å²) in [5.41, 5.74) is -0.123. The molecule has 1 unspecified atom stereocenters. The first-order chi connectivity index (χ1) is 11.8. The number of hydrogen-bond donors (Lipinski definition) is 1. The molecule has 0 spiro atoms. The highest BCUT2D eigenvalue weighted by molar-refractivity contribution is 7.90. The lowest BCUT2D eigenvalue weighted by Crippen LogP contribution is -2.43. The maximum absolute atomic E-state index is 12.8. The van der Waals surface area contributed by atoms with E-state index in [9.17, 15) is 13.2 Å². The molecule has 0 aromatic heterocycles. The first-order valence-electron chi connectivity index (χ1n) is 7.46. The van der Waals surface area contributed by atoms with Crippen molar-refractivity contribution >= 4 is 33.7 Å². The molecule has 3 rings (SSSR count). The van der Waals surface area contributed by atoms with Gasteiger partial charge in [0, 0.05) is 11.2 Å². The Kier molecular flexibility index (Phi) is 4.49. The molecule has 0 radical (unpaired) electrons. The van der Waals surface area contributed by atoms with Gasteiger partial charge in [-0.2, -0.15) is 0 Å². The van der Waals surface area contributed by atoms with Gasteiger partial charge in [0.15, 0.2) is 5.54 Å². The topological polar surface area (TPSA) is 75.6 Å². The average molecular weight is 375 g/mol. The van der Waals surface area contributed by atoms with Gasteiger partial charge in [-0.05, 0) is 54.5 Å². The van der Waals surface area contributed by atoms with E-state index in [2.05, 4.69) is 9.71 Å². The van der Waals surface area contributed by atoms with Crippen LogP contribution in [0.1, 0.15) is 11.1 Å². The van der Waals surface area contributed by atoms with Crippen LogP contribution >= 0.6 is 11.6 Å². The van der Waals surface area contributed by atoms with E-state index in [4.69, 9.17) is 11.6 Å². The summed E-state index contributed by atoms with van der Waals surface area (Å²) in [7, 11) is -4.01. The summed E-state index contributed by atoms with van der Waals surface area (Å²) < 4.78 is 27.2. The number of benzene rings is 2. The van der Waals surface area contributed by atoms with Crippen LogP contribution in [0, 0.1) is 6.92 Å². The number of hydrogen-bond acceptors (Lipinski definition) is 4. The fraction of sp³-hybridized carbons (Fsp3) is 0.111. The monoisotopic (exact) mass is 374 g/mol. The van der Waals surface area contributed by atoms with Crippen LogP contribution < -0.4 is 4.72 Å². The minimum absolute atomic E-state index is 0.0260. The molecule has 1 aliphatic heterocycles. The van der Waals surface area contributed by atoms with Crippen LogP contribution in [-0.2, 0) is 20.4 Å². The summed E-state index contributed by atoms with van der Waals surface area (Å²) in [5, 5.41) is 0.512. The van der Waals surface area contributed by atoms with Gasteiger partial charge < -0.3 is 0 Å². The lowest BCUT2D eigenvalue weighted by Gasteiger charge is -2.23. The largest absolute Gasteiger partial charge is 0.270 e. The Morgan fingerprint density at radius 2 is 1.88 bits per heavy atom. The quantitative estimate of drug-likeness (QED) is 0.893. The van der Waals surface area contributed by atoms with Crippen LogP contribution in [0.3, 0.4) is 0 Å². The normalized spacial score (nSPS) is 19.1. The second-order valence-electron chi connectivity index (χ2n) is 5.66. The Balaban J connectivity index is 1.96. The number of halogens is 1. The number of aliphatic imine (C=N–C) groups is 1. The fourth-order valence-corrected chi connectivity index (χ4v) is 3.81. The lowest BCUT2D eigenvalue weighted by molar-refractivity contribution is -0.123. The van der Waals surface area contributed by atoms with Gasteiger partial charge in [0.05, 0.1) is 4.90 Å². The third-order valence-electron chi connectivity index (χ3n) is 3.86. The van der Waals surface area contributed by atoms with Gasteiger partial charge in [-0.25, -0.2) is 13.1 Å². The number of rotatable bonds is 4. The molecule has 2 aromatic carbocycles. The summed E-state index contributed by atoms with van der Waals surface area (Å²) in [6, 6.07) is 12.9.